The van der Waals surface area contributed by atoms with Crippen LogP contribution < -0.4 is 0 Å². The highest BCUT2D eigenvalue weighted by molar-refractivity contribution is 5.69. The van der Waals surface area contributed by atoms with Gasteiger partial charge in [0.15, 0.2) is 0 Å². The van der Waals surface area contributed by atoms with Gasteiger partial charge in [-0.1, -0.05) is 0 Å². The first kappa shape index (κ1) is 11.9. The van der Waals surface area contributed by atoms with Gasteiger partial charge in [-0.15, -0.1) is 0 Å². The van der Waals surface area contributed by atoms with E-state index in [9.17, 15) is 0 Å². The van der Waals surface area contributed by atoms with Crippen molar-refractivity contribution in [3.05, 3.63) is 23.5 Å². The number of allylic oxidation sites excluding steroid dienone is 1. The topological polar surface area (TPSA) is 36.3 Å². The molecule has 3 rings (SSSR count). The predicted molar refractivity (Wildman–Crippen MR) is 68.8 cm³/mol. The molecule has 4 heteroatoms. The van der Waals surface area contributed by atoms with Crippen LogP contribution >= 0.6 is 0 Å². The van der Waals surface area contributed by atoms with E-state index in [2.05, 4.69) is 22.8 Å². The van der Waals surface area contributed by atoms with Gasteiger partial charge in [0.2, 0.25) is 0 Å². The normalized spacial score (nSPS) is 27.0. The molecule has 18 heavy (non-hydrogen) atoms. The van der Waals surface area contributed by atoms with Crippen LogP contribution in [0.4, 0.5) is 0 Å². The van der Waals surface area contributed by atoms with Gasteiger partial charge in [0.05, 0.1) is 18.3 Å². The van der Waals surface area contributed by atoms with Gasteiger partial charge in [0.25, 0.3) is 0 Å². The van der Waals surface area contributed by atoms with Crippen LogP contribution in [0.1, 0.15) is 51.3 Å². The van der Waals surface area contributed by atoms with Crippen LogP contribution in [0.3, 0.4) is 0 Å². The molecule has 2 aliphatic rings. The van der Waals surface area contributed by atoms with Crippen LogP contribution in [0, 0.1) is 0 Å². The summed E-state index contributed by atoms with van der Waals surface area (Å²) >= 11 is 0. The highest BCUT2D eigenvalue weighted by Crippen LogP contribution is 2.42. The molecule has 1 aliphatic carbocycles. The van der Waals surface area contributed by atoms with Crippen LogP contribution in [0.5, 0.6) is 0 Å². The molecule has 2 unspecified atom stereocenters. The molecule has 2 heterocycles. The quantitative estimate of drug-likeness (QED) is 0.609. The first-order valence-electron chi connectivity index (χ1n) is 6.87. The van der Waals surface area contributed by atoms with Gasteiger partial charge in [0, 0.05) is 6.20 Å². The lowest BCUT2D eigenvalue weighted by atomic mass is 9.82. The molecule has 0 saturated carbocycles. The minimum Gasteiger partial charge on any atom is -0.259 e. The third-order valence-corrected chi connectivity index (χ3v) is 3.95. The van der Waals surface area contributed by atoms with Crippen LogP contribution in [-0.2, 0) is 9.78 Å². The second kappa shape index (κ2) is 4.86. The minimum absolute atomic E-state index is 0.0210. The van der Waals surface area contributed by atoms with Crippen LogP contribution in [-0.4, -0.2) is 22.5 Å². The average molecular weight is 248 g/mol. The molecule has 0 fully saturated rings. The lowest BCUT2D eigenvalue weighted by Gasteiger charge is -2.35. The second-order valence-corrected chi connectivity index (χ2v) is 5.04. The monoisotopic (exact) mass is 248 g/mol. The smallest absolute Gasteiger partial charge is 0.137 e. The number of nitrogens with zero attached hydrogens (tertiary/aromatic N) is 2. The summed E-state index contributed by atoms with van der Waals surface area (Å²) in [5.74, 6) is 0. The highest BCUT2D eigenvalue weighted by atomic mass is 17.2. The van der Waals surface area contributed by atoms with E-state index in [1.54, 1.807) is 0 Å². The van der Waals surface area contributed by atoms with E-state index in [1.807, 2.05) is 13.1 Å². The lowest BCUT2D eigenvalue weighted by molar-refractivity contribution is -0.320. The summed E-state index contributed by atoms with van der Waals surface area (Å²) in [6.07, 6.45) is 6.69. The van der Waals surface area contributed by atoms with E-state index in [4.69, 9.17) is 9.78 Å². The van der Waals surface area contributed by atoms with Gasteiger partial charge in [-0.2, -0.15) is 5.10 Å². The van der Waals surface area contributed by atoms with Crippen molar-refractivity contribution in [2.45, 2.75) is 51.7 Å². The summed E-state index contributed by atoms with van der Waals surface area (Å²) in [5.41, 5.74) is 4.13. The molecule has 0 amide bonds. The number of aromatic nitrogens is 2. The Bertz CT molecular complexity index is 464. The Labute approximate surface area is 108 Å². The predicted octanol–water partition coefficient (Wildman–Crippen LogP) is 3.12. The van der Waals surface area contributed by atoms with E-state index in [0.29, 0.717) is 6.61 Å². The summed E-state index contributed by atoms with van der Waals surface area (Å²) in [5, 5.41) is 4.43. The van der Waals surface area contributed by atoms with Crippen LogP contribution in [0.2, 0.25) is 0 Å². The van der Waals surface area contributed by atoms with Crippen LogP contribution in [0.15, 0.2) is 17.8 Å². The molecule has 98 valence electrons. The Kier molecular flexibility index (Phi) is 3.22. The van der Waals surface area contributed by atoms with E-state index in [-0.39, 0.29) is 12.1 Å². The number of hydrogen-bond acceptors (Lipinski definition) is 3. The van der Waals surface area contributed by atoms with Crippen molar-refractivity contribution >= 4 is 5.57 Å². The Balaban J connectivity index is 2.00. The fraction of sp³-hybridized carbons (Fsp3) is 0.643. The summed E-state index contributed by atoms with van der Waals surface area (Å²) in [6.45, 7) is 4.68. The largest absolute Gasteiger partial charge is 0.259 e. The molecule has 4 nitrogen and oxygen atoms in total. The minimum atomic E-state index is 0.0210. The maximum absolute atomic E-state index is 5.62. The zero-order chi connectivity index (χ0) is 12.5. The standard InChI is InChI=1S/C14H20N2O2/c1-3-17-18-14-10(2)16-13(8-9-15-16)11-6-4-5-7-12(11)14/h8-10,14H,3-7H2,1-2H3. The van der Waals surface area contributed by atoms with Crippen LogP contribution in [0.25, 0.3) is 5.57 Å². The molecule has 0 radical (unpaired) electrons. The van der Waals surface area contributed by atoms with Crippen molar-refractivity contribution in [1.82, 2.24) is 9.78 Å². The van der Waals surface area contributed by atoms with E-state index < -0.39 is 0 Å². The molecule has 2 atom stereocenters. The van der Waals surface area contributed by atoms with Crippen molar-refractivity contribution in [3.8, 4) is 0 Å². The van der Waals surface area contributed by atoms with E-state index in [1.165, 1.54) is 29.7 Å². The van der Waals surface area contributed by atoms with Gasteiger partial charge < -0.3 is 0 Å². The average Bonchev–Trinajstić information content (AvgIpc) is 2.88. The van der Waals surface area contributed by atoms with E-state index in [0.717, 1.165) is 12.8 Å². The van der Waals surface area contributed by atoms with Crippen molar-refractivity contribution in [2.75, 3.05) is 6.61 Å². The molecule has 1 aliphatic heterocycles. The Morgan fingerprint density at radius 1 is 1.39 bits per heavy atom. The van der Waals surface area contributed by atoms with Gasteiger partial charge in [-0.3, -0.25) is 4.68 Å². The number of hydrogen-bond donors (Lipinski definition) is 0. The van der Waals surface area contributed by atoms with Crippen molar-refractivity contribution in [2.24, 2.45) is 0 Å². The fourth-order valence-electron chi connectivity index (χ4n) is 3.11. The summed E-state index contributed by atoms with van der Waals surface area (Å²) in [6, 6.07) is 2.33. The summed E-state index contributed by atoms with van der Waals surface area (Å²) in [7, 11) is 0. The zero-order valence-electron chi connectivity index (χ0n) is 11.1. The van der Waals surface area contributed by atoms with Crippen molar-refractivity contribution < 1.29 is 9.78 Å². The Hall–Kier alpha value is -1.13. The molecule has 0 saturated heterocycles. The first-order chi connectivity index (χ1) is 8.83. The highest BCUT2D eigenvalue weighted by Gasteiger charge is 2.35. The molecule has 0 aromatic carbocycles. The fourth-order valence-corrected chi connectivity index (χ4v) is 3.11. The lowest BCUT2D eigenvalue weighted by Crippen LogP contribution is -2.34. The molecular weight excluding hydrogens is 228 g/mol. The van der Waals surface area contributed by atoms with Gasteiger partial charge >= 0.3 is 0 Å². The van der Waals surface area contributed by atoms with Crippen molar-refractivity contribution in [1.29, 1.82) is 0 Å². The maximum atomic E-state index is 5.62. The SMILES string of the molecule is CCOOC1C2=C(CCCC2)c2ccnn2C1C. The van der Waals surface area contributed by atoms with Gasteiger partial charge in [-0.25, -0.2) is 9.78 Å². The molecule has 1 aromatic rings. The number of fused-ring (bicyclic) bond motifs is 2. The zero-order valence-corrected chi connectivity index (χ0v) is 11.1. The molecule has 0 spiro atoms. The summed E-state index contributed by atoms with van der Waals surface area (Å²) < 4.78 is 2.08. The van der Waals surface area contributed by atoms with E-state index >= 15 is 0 Å². The molecule has 0 N–H and O–H groups in total. The van der Waals surface area contributed by atoms with Crippen molar-refractivity contribution in [3.63, 3.8) is 0 Å². The first-order valence-corrected chi connectivity index (χ1v) is 6.87. The third-order valence-electron chi connectivity index (χ3n) is 3.95. The summed E-state index contributed by atoms with van der Waals surface area (Å²) in [4.78, 5) is 10.8. The Morgan fingerprint density at radius 3 is 3.06 bits per heavy atom. The number of rotatable bonds is 3. The molecule has 1 aromatic heterocycles. The van der Waals surface area contributed by atoms with Gasteiger partial charge in [-0.05, 0) is 56.7 Å². The maximum Gasteiger partial charge on any atom is 0.137 e. The molecule has 0 bridgehead atoms. The van der Waals surface area contributed by atoms with Gasteiger partial charge in [0.1, 0.15) is 6.10 Å². The Morgan fingerprint density at radius 2 is 2.22 bits per heavy atom. The third kappa shape index (κ3) is 1.80. The second-order valence-electron chi connectivity index (χ2n) is 5.04. The molecular formula is C14H20N2O2.